The standard InChI is InChI=1S/C13H15N3/c1-10-6-11(2)16-13(7-10)15-9-12-4-3-5-14-8-12/h3-8H,9H2,1-2H3,(H,15,16). The maximum absolute atomic E-state index is 4.42. The van der Waals surface area contributed by atoms with Crippen LogP contribution in [0.1, 0.15) is 16.8 Å². The molecule has 0 amide bonds. The lowest BCUT2D eigenvalue weighted by Crippen LogP contribution is -2.02. The van der Waals surface area contributed by atoms with Crippen molar-refractivity contribution in [2.45, 2.75) is 20.4 Å². The molecule has 0 aromatic carbocycles. The van der Waals surface area contributed by atoms with E-state index in [4.69, 9.17) is 0 Å². The van der Waals surface area contributed by atoms with Gasteiger partial charge < -0.3 is 5.32 Å². The van der Waals surface area contributed by atoms with Crippen molar-refractivity contribution in [3.63, 3.8) is 0 Å². The van der Waals surface area contributed by atoms with Gasteiger partial charge in [-0.2, -0.15) is 0 Å². The van der Waals surface area contributed by atoms with Gasteiger partial charge in [0, 0.05) is 24.6 Å². The van der Waals surface area contributed by atoms with Crippen LogP contribution in [0.3, 0.4) is 0 Å². The third kappa shape index (κ3) is 2.79. The van der Waals surface area contributed by atoms with Crippen molar-refractivity contribution in [2.75, 3.05) is 5.32 Å². The maximum Gasteiger partial charge on any atom is 0.126 e. The number of nitrogens with one attached hydrogen (secondary N) is 1. The number of hydrogen-bond acceptors (Lipinski definition) is 3. The predicted octanol–water partition coefficient (Wildman–Crippen LogP) is 2.71. The molecule has 0 spiro atoms. The summed E-state index contributed by atoms with van der Waals surface area (Å²) in [5, 5.41) is 3.29. The molecule has 0 aliphatic heterocycles. The first-order valence-corrected chi connectivity index (χ1v) is 5.32. The molecule has 0 aliphatic rings. The Hall–Kier alpha value is -1.90. The van der Waals surface area contributed by atoms with Gasteiger partial charge >= 0.3 is 0 Å². The van der Waals surface area contributed by atoms with Gasteiger partial charge in [-0.05, 0) is 43.2 Å². The fourth-order valence-electron chi connectivity index (χ4n) is 1.63. The molecule has 2 aromatic heterocycles. The largest absolute Gasteiger partial charge is 0.366 e. The summed E-state index contributed by atoms with van der Waals surface area (Å²) in [4.78, 5) is 8.49. The molecule has 3 heteroatoms. The normalized spacial score (nSPS) is 10.1. The first kappa shape index (κ1) is 10.6. The van der Waals surface area contributed by atoms with Crippen molar-refractivity contribution >= 4 is 5.82 Å². The summed E-state index contributed by atoms with van der Waals surface area (Å²) in [6, 6.07) is 8.09. The zero-order valence-corrected chi connectivity index (χ0v) is 9.57. The highest BCUT2D eigenvalue weighted by Gasteiger charge is 1.97. The first-order chi connectivity index (χ1) is 7.74. The Balaban J connectivity index is 2.05. The smallest absolute Gasteiger partial charge is 0.126 e. The predicted molar refractivity (Wildman–Crippen MR) is 65.3 cm³/mol. The number of nitrogens with zero attached hydrogens (tertiary/aromatic N) is 2. The van der Waals surface area contributed by atoms with E-state index in [0.717, 1.165) is 23.6 Å². The SMILES string of the molecule is Cc1cc(C)nc(NCc2cccnc2)c1. The highest BCUT2D eigenvalue weighted by atomic mass is 15.0. The molecule has 0 saturated carbocycles. The van der Waals surface area contributed by atoms with Crippen LogP contribution in [0.4, 0.5) is 5.82 Å². The number of aromatic nitrogens is 2. The minimum atomic E-state index is 0.754. The van der Waals surface area contributed by atoms with Crippen molar-refractivity contribution in [1.29, 1.82) is 0 Å². The molecule has 2 rings (SSSR count). The van der Waals surface area contributed by atoms with Crippen LogP contribution in [0.5, 0.6) is 0 Å². The summed E-state index contributed by atoms with van der Waals surface area (Å²) in [6.07, 6.45) is 3.63. The van der Waals surface area contributed by atoms with Gasteiger partial charge in [-0.1, -0.05) is 6.07 Å². The Bertz CT molecular complexity index is 446. The van der Waals surface area contributed by atoms with E-state index in [2.05, 4.69) is 28.3 Å². The van der Waals surface area contributed by atoms with E-state index in [-0.39, 0.29) is 0 Å². The Morgan fingerprint density at radius 2 is 2.12 bits per heavy atom. The van der Waals surface area contributed by atoms with E-state index in [1.54, 1.807) is 6.20 Å². The van der Waals surface area contributed by atoms with E-state index >= 15 is 0 Å². The third-order valence-corrected chi connectivity index (χ3v) is 2.29. The van der Waals surface area contributed by atoms with Crippen LogP contribution in [0.15, 0.2) is 36.7 Å². The van der Waals surface area contributed by atoms with Crippen LogP contribution in [0.25, 0.3) is 0 Å². The summed E-state index contributed by atoms with van der Waals surface area (Å²) in [6.45, 7) is 4.83. The molecule has 82 valence electrons. The minimum absolute atomic E-state index is 0.754. The van der Waals surface area contributed by atoms with E-state index in [0.29, 0.717) is 0 Å². The molecule has 0 saturated heterocycles. The number of hydrogen-bond donors (Lipinski definition) is 1. The molecule has 1 N–H and O–H groups in total. The molecule has 0 bridgehead atoms. The van der Waals surface area contributed by atoms with Gasteiger partial charge in [0.15, 0.2) is 0 Å². The molecule has 0 fully saturated rings. The molecule has 0 unspecified atom stereocenters. The summed E-state index contributed by atoms with van der Waals surface area (Å²) >= 11 is 0. The van der Waals surface area contributed by atoms with Gasteiger partial charge in [0.25, 0.3) is 0 Å². The molecule has 0 atom stereocenters. The lowest BCUT2D eigenvalue weighted by atomic mass is 10.2. The first-order valence-electron chi connectivity index (χ1n) is 5.32. The lowest BCUT2D eigenvalue weighted by molar-refractivity contribution is 1.07. The average Bonchev–Trinajstić information content (AvgIpc) is 2.27. The van der Waals surface area contributed by atoms with Crippen LogP contribution < -0.4 is 5.32 Å². The van der Waals surface area contributed by atoms with Crippen molar-refractivity contribution in [2.24, 2.45) is 0 Å². The minimum Gasteiger partial charge on any atom is -0.366 e. The van der Waals surface area contributed by atoms with Gasteiger partial charge in [0.2, 0.25) is 0 Å². The van der Waals surface area contributed by atoms with Gasteiger partial charge in [0.1, 0.15) is 5.82 Å². The second-order valence-electron chi connectivity index (χ2n) is 3.89. The fraction of sp³-hybridized carbons (Fsp3) is 0.231. The van der Waals surface area contributed by atoms with Gasteiger partial charge in [0.05, 0.1) is 0 Å². The van der Waals surface area contributed by atoms with Crippen LogP contribution in [0.2, 0.25) is 0 Å². The van der Waals surface area contributed by atoms with Crippen molar-refractivity contribution in [3.8, 4) is 0 Å². The monoisotopic (exact) mass is 213 g/mol. The molecule has 2 aromatic rings. The summed E-state index contributed by atoms with van der Waals surface area (Å²) in [5.41, 5.74) is 3.42. The molecule has 16 heavy (non-hydrogen) atoms. The number of anilines is 1. The van der Waals surface area contributed by atoms with E-state index in [1.165, 1.54) is 5.56 Å². The molecule has 0 radical (unpaired) electrons. The highest BCUT2D eigenvalue weighted by Crippen LogP contribution is 2.10. The fourth-order valence-corrected chi connectivity index (χ4v) is 1.63. The maximum atomic E-state index is 4.42. The van der Waals surface area contributed by atoms with Crippen LogP contribution in [-0.2, 0) is 6.54 Å². The summed E-state index contributed by atoms with van der Waals surface area (Å²) < 4.78 is 0. The highest BCUT2D eigenvalue weighted by molar-refractivity contribution is 5.39. The zero-order valence-electron chi connectivity index (χ0n) is 9.57. The van der Waals surface area contributed by atoms with Crippen LogP contribution in [-0.4, -0.2) is 9.97 Å². The molecule has 3 nitrogen and oxygen atoms in total. The third-order valence-electron chi connectivity index (χ3n) is 2.29. The van der Waals surface area contributed by atoms with Gasteiger partial charge in [-0.15, -0.1) is 0 Å². The zero-order chi connectivity index (χ0) is 11.4. The Kier molecular flexibility index (Phi) is 3.15. The van der Waals surface area contributed by atoms with Gasteiger partial charge in [-0.3, -0.25) is 4.98 Å². The van der Waals surface area contributed by atoms with Gasteiger partial charge in [-0.25, -0.2) is 4.98 Å². The van der Waals surface area contributed by atoms with Crippen LogP contribution in [0, 0.1) is 13.8 Å². The van der Waals surface area contributed by atoms with Crippen molar-refractivity contribution in [3.05, 3.63) is 53.5 Å². The van der Waals surface area contributed by atoms with E-state index < -0.39 is 0 Å². The number of rotatable bonds is 3. The van der Waals surface area contributed by atoms with Crippen molar-refractivity contribution in [1.82, 2.24) is 9.97 Å². The van der Waals surface area contributed by atoms with Crippen LogP contribution >= 0.6 is 0 Å². The molecule has 0 aliphatic carbocycles. The Morgan fingerprint density at radius 1 is 1.25 bits per heavy atom. The molecular weight excluding hydrogens is 198 g/mol. The topological polar surface area (TPSA) is 37.8 Å². The molecular formula is C13H15N3. The van der Waals surface area contributed by atoms with Crippen molar-refractivity contribution < 1.29 is 0 Å². The second kappa shape index (κ2) is 4.75. The lowest BCUT2D eigenvalue weighted by Gasteiger charge is -2.07. The Morgan fingerprint density at radius 3 is 2.81 bits per heavy atom. The van der Waals surface area contributed by atoms with E-state index in [1.807, 2.05) is 31.3 Å². The Labute approximate surface area is 95.6 Å². The summed E-state index contributed by atoms with van der Waals surface area (Å²) in [7, 11) is 0. The quantitative estimate of drug-likeness (QED) is 0.851. The average molecular weight is 213 g/mol. The summed E-state index contributed by atoms with van der Waals surface area (Å²) in [5.74, 6) is 0.918. The number of aryl methyl sites for hydroxylation is 2. The van der Waals surface area contributed by atoms with E-state index in [9.17, 15) is 0 Å². The number of pyridine rings is 2. The molecule has 2 heterocycles. The second-order valence-corrected chi connectivity index (χ2v) is 3.89.